The summed E-state index contributed by atoms with van der Waals surface area (Å²) in [7, 11) is 1.31. The molecule has 1 amide bonds. The van der Waals surface area contributed by atoms with Crippen LogP contribution < -0.4 is 11.5 Å². The number of rotatable bonds is 3. The molecule has 0 radical (unpaired) electrons. The molecule has 7 heteroatoms. The second-order valence-electron chi connectivity index (χ2n) is 4.73. The lowest BCUT2D eigenvalue weighted by molar-refractivity contribution is -0.126. The number of hydrogen-bond acceptors (Lipinski definition) is 6. The van der Waals surface area contributed by atoms with Gasteiger partial charge in [0.25, 0.3) is 6.47 Å². The number of nitrogens with two attached hydrogens (primary N) is 2. The number of carbonyl (C=O) groups excluding carboxylic acids is 2. The highest BCUT2D eigenvalue weighted by molar-refractivity contribution is 7.12. The number of hydrogen-bond donors (Lipinski definition) is 3. The molecule has 0 aliphatic heterocycles. The molecule has 0 fully saturated rings. The van der Waals surface area contributed by atoms with E-state index in [1.807, 2.05) is 25.2 Å². The summed E-state index contributed by atoms with van der Waals surface area (Å²) < 4.78 is 3.86. The Morgan fingerprint density at radius 1 is 1.20 bits per heavy atom. The van der Waals surface area contributed by atoms with Gasteiger partial charge in [-0.3, -0.25) is 9.59 Å². The topological polar surface area (TPSA) is 116 Å². The maximum absolute atomic E-state index is 8.95. The van der Waals surface area contributed by atoms with Crippen molar-refractivity contribution < 1.29 is 19.4 Å². The zero-order valence-corrected chi connectivity index (χ0v) is 17.2. The monoisotopic (exact) mass is 376 g/mol. The van der Waals surface area contributed by atoms with Gasteiger partial charge < -0.3 is 21.3 Å². The molecule has 2 rings (SSSR count). The predicted molar refractivity (Wildman–Crippen MR) is 106 cm³/mol. The van der Waals surface area contributed by atoms with E-state index in [4.69, 9.17) is 20.4 Å². The van der Waals surface area contributed by atoms with Crippen LogP contribution in [0.15, 0.2) is 0 Å². The van der Waals surface area contributed by atoms with Crippen LogP contribution in [-0.2, 0) is 27.2 Å². The molecule has 1 aromatic heterocycles. The van der Waals surface area contributed by atoms with Crippen molar-refractivity contribution in [2.24, 2.45) is 11.5 Å². The van der Waals surface area contributed by atoms with E-state index in [2.05, 4.69) is 24.3 Å². The fourth-order valence-electron chi connectivity index (χ4n) is 1.95. The van der Waals surface area contributed by atoms with Gasteiger partial charge in [0.2, 0.25) is 6.41 Å². The van der Waals surface area contributed by atoms with Gasteiger partial charge in [-0.15, -0.1) is 11.3 Å². The predicted octanol–water partition coefficient (Wildman–Crippen LogP) is 2.49. The van der Waals surface area contributed by atoms with Gasteiger partial charge in [0.1, 0.15) is 0 Å². The molecular formula is C18H36N2O4S. The van der Waals surface area contributed by atoms with Crippen LogP contribution in [0.2, 0.25) is 0 Å². The summed E-state index contributed by atoms with van der Waals surface area (Å²) in [4.78, 5) is 20.7. The third kappa shape index (κ3) is 15.8. The fraction of sp³-hybridized carbons (Fsp3) is 0.667. The average Bonchev–Trinajstić information content (AvgIpc) is 2.93. The summed E-state index contributed by atoms with van der Waals surface area (Å²) in [5, 5.41) is 7.99. The van der Waals surface area contributed by atoms with Crippen molar-refractivity contribution in [2.45, 2.75) is 59.8 Å². The van der Waals surface area contributed by atoms with E-state index in [1.54, 1.807) is 16.0 Å². The van der Waals surface area contributed by atoms with Crippen LogP contribution in [0.5, 0.6) is 0 Å². The molecule has 0 atom stereocenters. The van der Waals surface area contributed by atoms with Crippen molar-refractivity contribution in [3.05, 3.63) is 20.9 Å². The first-order chi connectivity index (χ1) is 12.0. The normalized spacial score (nSPS) is 10.5. The fourth-order valence-corrected chi connectivity index (χ4v) is 3.22. The van der Waals surface area contributed by atoms with E-state index in [0.717, 1.165) is 6.42 Å². The highest BCUT2D eigenvalue weighted by Gasteiger charge is 2.15. The Bertz CT molecular complexity index is 421. The van der Waals surface area contributed by atoms with Crippen molar-refractivity contribution in [1.29, 1.82) is 0 Å². The van der Waals surface area contributed by atoms with Crippen LogP contribution in [0, 0.1) is 13.8 Å². The number of aryl methyl sites for hydroxylation is 2. The third-order valence-corrected chi connectivity index (χ3v) is 4.44. The van der Waals surface area contributed by atoms with Crippen molar-refractivity contribution in [2.75, 3.05) is 20.3 Å². The first kappa shape index (κ1) is 28.4. The van der Waals surface area contributed by atoms with Crippen LogP contribution >= 0.6 is 11.3 Å². The Balaban J connectivity index is -0.000000294. The van der Waals surface area contributed by atoms with Crippen molar-refractivity contribution in [1.82, 2.24) is 0 Å². The largest absolute Gasteiger partial charge is 0.471 e. The standard InChI is InChI=1S/C10H14S.C3H9NO.C2H4O2.C2H6.CH3NO/c1-7-8(2)11-10-6-4-3-5-9(7)10;4-2-1-3-5;1-4-2-3;1-2;2-1-3/h3-6H2,1-2H3;5H,1-4H2;2H,1H3;1-2H3;1H,(H2,2,3). The molecule has 1 aliphatic carbocycles. The van der Waals surface area contributed by atoms with Gasteiger partial charge >= 0.3 is 0 Å². The number of ether oxygens (including phenoxy) is 1. The molecule has 0 saturated heterocycles. The zero-order valence-electron chi connectivity index (χ0n) is 16.3. The summed E-state index contributed by atoms with van der Waals surface area (Å²) in [6.07, 6.45) is 6.47. The Morgan fingerprint density at radius 2 is 1.68 bits per heavy atom. The number of methoxy groups -OCH3 is 1. The number of aliphatic hydroxyl groups is 1. The van der Waals surface area contributed by atoms with E-state index in [1.165, 1.54) is 37.7 Å². The molecule has 1 heterocycles. The highest BCUT2D eigenvalue weighted by Crippen LogP contribution is 2.32. The number of amides is 1. The summed E-state index contributed by atoms with van der Waals surface area (Å²) in [5.74, 6) is 0. The minimum atomic E-state index is 0.219. The molecular weight excluding hydrogens is 340 g/mol. The molecule has 0 aromatic carbocycles. The van der Waals surface area contributed by atoms with Crippen LogP contribution in [0.4, 0.5) is 0 Å². The lowest BCUT2D eigenvalue weighted by atomic mass is 9.96. The van der Waals surface area contributed by atoms with E-state index in [-0.39, 0.29) is 13.0 Å². The SMILES string of the molecule is CC.COC=O.Cc1sc2c(c1C)CCCC2.NC=O.NCCCO. The number of thiophene rings is 1. The second-order valence-corrected chi connectivity index (χ2v) is 6.04. The molecule has 25 heavy (non-hydrogen) atoms. The maximum Gasteiger partial charge on any atom is 0.292 e. The molecule has 6 nitrogen and oxygen atoms in total. The Labute approximate surface area is 156 Å². The molecule has 1 aromatic rings. The minimum absolute atomic E-state index is 0.219. The average molecular weight is 377 g/mol. The summed E-state index contributed by atoms with van der Waals surface area (Å²) >= 11 is 2.02. The molecule has 0 spiro atoms. The van der Waals surface area contributed by atoms with Crippen LogP contribution in [0.1, 0.15) is 54.0 Å². The van der Waals surface area contributed by atoms with Gasteiger partial charge in [0.05, 0.1) is 7.11 Å². The van der Waals surface area contributed by atoms with Crippen molar-refractivity contribution in [3.63, 3.8) is 0 Å². The lowest BCUT2D eigenvalue weighted by Crippen LogP contribution is -1.99. The van der Waals surface area contributed by atoms with Crippen LogP contribution in [0.3, 0.4) is 0 Å². The second kappa shape index (κ2) is 22.6. The molecule has 1 aliphatic rings. The molecule has 0 saturated carbocycles. The van der Waals surface area contributed by atoms with E-state index in [0.29, 0.717) is 13.0 Å². The minimum Gasteiger partial charge on any atom is -0.471 e. The molecule has 148 valence electrons. The van der Waals surface area contributed by atoms with Gasteiger partial charge in [-0.05, 0) is 63.6 Å². The Morgan fingerprint density at radius 3 is 2.00 bits per heavy atom. The number of fused-ring (bicyclic) bond motifs is 1. The summed E-state index contributed by atoms with van der Waals surface area (Å²) in [6.45, 7) is 9.71. The van der Waals surface area contributed by atoms with Gasteiger partial charge in [0.15, 0.2) is 0 Å². The quantitative estimate of drug-likeness (QED) is 0.701. The summed E-state index contributed by atoms with van der Waals surface area (Å²) in [5.41, 5.74) is 12.4. The molecule has 0 bridgehead atoms. The third-order valence-electron chi connectivity index (χ3n) is 3.13. The number of primary amides is 1. The van der Waals surface area contributed by atoms with Gasteiger partial charge in [0, 0.05) is 16.4 Å². The smallest absolute Gasteiger partial charge is 0.292 e. The Hall–Kier alpha value is -1.44. The maximum atomic E-state index is 8.95. The van der Waals surface area contributed by atoms with E-state index < -0.39 is 0 Å². The van der Waals surface area contributed by atoms with Crippen molar-refractivity contribution in [3.8, 4) is 0 Å². The summed E-state index contributed by atoms with van der Waals surface area (Å²) in [6, 6.07) is 0. The van der Waals surface area contributed by atoms with Gasteiger partial charge in [-0.1, -0.05) is 13.8 Å². The van der Waals surface area contributed by atoms with E-state index >= 15 is 0 Å². The number of carbonyl (C=O) groups is 2. The first-order valence-corrected chi connectivity index (χ1v) is 9.36. The number of aliphatic hydroxyl groups excluding tert-OH is 1. The zero-order chi connectivity index (χ0) is 20.1. The van der Waals surface area contributed by atoms with Gasteiger partial charge in [-0.2, -0.15) is 0 Å². The highest BCUT2D eigenvalue weighted by atomic mass is 32.1. The van der Waals surface area contributed by atoms with E-state index in [9.17, 15) is 0 Å². The molecule has 5 N–H and O–H groups in total. The molecule has 0 unspecified atom stereocenters. The van der Waals surface area contributed by atoms with Crippen LogP contribution in [0.25, 0.3) is 0 Å². The van der Waals surface area contributed by atoms with Crippen LogP contribution in [-0.4, -0.2) is 38.3 Å². The van der Waals surface area contributed by atoms with Gasteiger partial charge in [-0.25, -0.2) is 0 Å². The first-order valence-electron chi connectivity index (χ1n) is 8.54. The lowest BCUT2D eigenvalue weighted by Gasteiger charge is -2.10. The van der Waals surface area contributed by atoms with Crippen molar-refractivity contribution >= 4 is 24.2 Å². The Kier molecular flexibility index (Phi) is 25.6.